The highest BCUT2D eigenvalue weighted by Crippen LogP contribution is 2.33. The fourth-order valence-corrected chi connectivity index (χ4v) is 1.93. The quantitative estimate of drug-likeness (QED) is 0.684. The molecule has 0 fully saturated rings. The lowest BCUT2D eigenvalue weighted by Crippen LogP contribution is -2.01. The molecule has 1 aliphatic rings. The van der Waals surface area contributed by atoms with Crippen LogP contribution in [0.3, 0.4) is 0 Å². The molecule has 2 rings (SSSR count). The maximum Gasteiger partial charge on any atom is 0.346 e. The summed E-state index contributed by atoms with van der Waals surface area (Å²) < 4.78 is 11.5. The molecule has 1 atom stereocenters. The van der Waals surface area contributed by atoms with E-state index in [9.17, 15) is 4.79 Å². The highest BCUT2D eigenvalue weighted by Gasteiger charge is 2.23. The van der Waals surface area contributed by atoms with E-state index in [0.29, 0.717) is 0 Å². The second kappa shape index (κ2) is 5.59. The molecule has 1 aromatic rings. The van der Waals surface area contributed by atoms with Crippen molar-refractivity contribution in [2.75, 3.05) is 0 Å². The van der Waals surface area contributed by atoms with Crippen molar-refractivity contribution in [1.82, 2.24) is 0 Å². The Morgan fingerprint density at radius 2 is 2.21 bits per heavy atom. The molecule has 0 saturated carbocycles. The molecular weight excluding hydrogens is 314 g/mol. The monoisotopic (exact) mass is 321 g/mol. The second-order valence-corrected chi connectivity index (χ2v) is 4.46. The number of allylic oxidation sites excluding steroid dienone is 1. The lowest BCUT2D eigenvalue weighted by molar-refractivity contribution is -0.132. The van der Waals surface area contributed by atoms with Gasteiger partial charge in [-0.2, -0.15) is 5.26 Å². The lowest BCUT2D eigenvalue weighted by atomic mass is 10.2. The molecule has 1 heterocycles. The molecule has 1 aromatic carbocycles. The number of rotatable bonds is 3. The van der Waals surface area contributed by atoms with Crippen molar-refractivity contribution in [2.45, 2.75) is 6.29 Å². The van der Waals surface area contributed by atoms with Gasteiger partial charge < -0.3 is 14.6 Å². The third kappa shape index (κ3) is 2.95. The number of halogens is 1. The van der Waals surface area contributed by atoms with E-state index in [1.54, 1.807) is 6.07 Å². The summed E-state index contributed by atoms with van der Waals surface area (Å²) in [5.41, 5.74) is 0.360. The first-order valence-electron chi connectivity index (χ1n) is 5.23. The Balaban J connectivity index is 2.15. The molecule has 19 heavy (non-hydrogen) atoms. The van der Waals surface area contributed by atoms with Gasteiger partial charge in [0.2, 0.25) is 0 Å². The summed E-state index contributed by atoms with van der Waals surface area (Å²) >= 11 is 3.37. The Morgan fingerprint density at radius 1 is 1.47 bits per heavy atom. The average Bonchev–Trinajstić information content (AvgIpc) is 2.84. The predicted molar refractivity (Wildman–Crippen MR) is 68.5 cm³/mol. The van der Waals surface area contributed by atoms with Crippen LogP contribution in [0.2, 0.25) is 0 Å². The fraction of sp³-hybridized carbons (Fsp3) is 0.0769. The van der Waals surface area contributed by atoms with Crippen LogP contribution in [0.1, 0.15) is 11.9 Å². The summed E-state index contributed by atoms with van der Waals surface area (Å²) in [5.74, 6) is -1.11. The number of aliphatic carboxylic acids is 1. The maximum atomic E-state index is 10.7. The van der Waals surface area contributed by atoms with Crippen LogP contribution in [0.5, 0.6) is 0 Å². The minimum absolute atomic E-state index is 0.194. The molecule has 0 radical (unpaired) electrons. The fourth-order valence-electron chi connectivity index (χ4n) is 1.46. The zero-order valence-corrected chi connectivity index (χ0v) is 11.1. The number of carboxylic acids is 1. The van der Waals surface area contributed by atoms with Gasteiger partial charge in [0.15, 0.2) is 5.76 Å². The van der Waals surface area contributed by atoms with E-state index in [0.717, 1.165) is 16.1 Å². The van der Waals surface area contributed by atoms with Crippen LogP contribution < -0.4 is 0 Å². The molecule has 0 amide bonds. The van der Waals surface area contributed by atoms with Gasteiger partial charge in [-0.25, -0.2) is 4.79 Å². The maximum absolute atomic E-state index is 10.7. The van der Waals surface area contributed by atoms with E-state index in [1.165, 1.54) is 6.26 Å². The van der Waals surface area contributed by atoms with Gasteiger partial charge >= 0.3 is 5.97 Å². The molecule has 0 aromatic heterocycles. The summed E-state index contributed by atoms with van der Waals surface area (Å²) in [6.45, 7) is 0. The standard InChI is InChI=1S/C13H8BrNO4/c14-11-4-2-1-3-10(11)13-18-7-9(19-13)5-8(6-15)12(16)17/h1-5,7,13H,(H,16,17). The molecule has 5 nitrogen and oxygen atoms in total. The molecule has 0 bridgehead atoms. The Hall–Kier alpha value is -2.26. The summed E-state index contributed by atoms with van der Waals surface area (Å²) in [6, 6.07) is 8.92. The average molecular weight is 322 g/mol. The Bertz CT molecular complexity index is 615. The number of benzene rings is 1. The zero-order chi connectivity index (χ0) is 13.8. The van der Waals surface area contributed by atoms with Crippen molar-refractivity contribution in [3.8, 4) is 6.07 Å². The van der Waals surface area contributed by atoms with Crippen LogP contribution in [0.25, 0.3) is 0 Å². The number of carbonyl (C=O) groups is 1. The van der Waals surface area contributed by atoms with Crippen molar-refractivity contribution in [3.05, 3.63) is 58.0 Å². The topological polar surface area (TPSA) is 79.5 Å². The van der Waals surface area contributed by atoms with Crippen LogP contribution in [0.4, 0.5) is 0 Å². The largest absolute Gasteiger partial charge is 0.477 e. The number of ether oxygens (including phenoxy) is 2. The molecule has 0 spiro atoms. The van der Waals surface area contributed by atoms with E-state index in [2.05, 4.69) is 15.9 Å². The second-order valence-electron chi connectivity index (χ2n) is 3.60. The minimum Gasteiger partial charge on any atom is -0.477 e. The summed E-state index contributed by atoms with van der Waals surface area (Å²) in [5, 5.41) is 17.4. The number of hydrogen-bond acceptors (Lipinski definition) is 4. The van der Waals surface area contributed by atoms with Crippen LogP contribution in [0.15, 0.2) is 52.4 Å². The van der Waals surface area contributed by atoms with Crippen LogP contribution in [-0.2, 0) is 14.3 Å². The molecule has 1 unspecified atom stereocenters. The Labute approximate surface area is 117 Å². The number of hydrogen-bond donors (Lipinski definition) is 1. The van der Waals surface area contributed by atoms with Gasteiger partial charge in [0.1, 0.15) is 17.9 Å². The molecular formula is C13H8BrNO4. The number of nitriles is 1. The first kappa shape index (κ1) is 13.2. The van der Waals surface area contributed by atoms with Crippen molar-refractivity contribution >= 4 is 21.9 Å². The molecule has 96 valence electrons. The normalized spacial score (nSPS) is 18.0. The smallest absolute Gasteiger partial charge is 0.346 e. The predicted octanol–water partition coefficient (Wildman–Crippen LogP) is 2.87. The van der Waals surface area contributed by atoms with Crippen LogP contribution in [0, 0.1) is 11.3 Å². The number of carboxylic acid groups (broad SMARTS) is 1. The summed E-state index contributed by atoms with van der Waals surface area (Å²) in [6.07, 6.45) is 1.75. The van der Waals surface area contributed by atoms with Gasteiger partial charge in [-0.05, 0) is 6.07 Å². The lowest BCUT2D eigenvalue weighted by Gasteiger charge is -2.12. The summed E-state index contributed by atoms with van der Waals surface area (Å²) in [7, 11) is 0. The van der Waals surface area contributed by atoms with E-state index in [4.69, 9.17) is 19.8 Å². The van der Waals surface area contributed by atoms with Gasteiger partial charge in [-0.3, -0.25) is 0 Å². The first-order valence-corrected chi connectivity index (χ1v) is 6.03. The molecule has 1 aliphatic heterocycles. The van der Waals surface area contributed by atoms with Crippen LogP contribution >= 0.6 is 15.9 Å². The van der Waals surface area contributed by atoms with Gasteiger partial charge in [0, 0.05) is 16.1 Å². The molecule has 1 N–H and O–H groups in total. The van der Waals surface area contributed by atoms with Crippen molar-refractivity contribution < 1.29 is 19.4 Å². The van der Waals surface area contributed by atoms with Crippen molar-refractivity contribution in [1.29, 1.82) is 5.26 Å². The molecule has 0 aliphatic carbocycles. The number of nitrogens with zero attached hydrogens (tertiary/aromatic N) is 1. The van der Waals surface area contributed by atoms with Gasteiger partial charge in [0.05, 0.1) is 0 Å². The summed E-state index contributed by atoms with van der Waals surface area (Å²) in [4.78, 5) is 10.7. The highest BCUT2D eigenvalue weighted by atomic mass is 79.9. The Kier molecular flexibility index (Phi) is 3.88. The van der Waals surface area contributed by atoms with E-state index >= 15 is 0 Å². The first-order chi connectivity index (χ1) is 9.11. The van der Waals surface area contributed by atoms with Crippen molar-refractivity contribution in [3.63, 3.8) is 0 Å². The van der Waals surface area contributed by atoms with Crippen LogP contribution in [-0.4, -0.2) is 11.1 Å². The van der Waals surface area contributed by atoms with E-state index in [1.807, 2.05) is 24.3 Å². The highest BCUT2D eigenvalue weighted by molar-refractivity contribution is 9.10. The van der Waals surface area contributed by atoms with Gasteiger partial charge in [-0.15, -0.1) is 0 Å². The SMILES string of the molecule is N#CC(=CC1=COC(c2ccccc2Br)O1)C(=O)O. The molecule has 0 saturated heterocycles. The van der Waals surface area contributed by atoms with Gasteiger partial charge in [-0.1, -0.05) is 34.1 Å². The third-order valence-corrected chi connectivity index (χ3v) is 3.07. The molecule has 6 heteroatoms. The zero-order valence-electron chi connectivity index (χ0n) is 9.54. The Morgan fingerprint density at radius 3 is 2.84 bits per heavy atom. The van der Waals surface area contributed by atoms with Gasteiger partial charge in [0.25, 0.3) is 6.29 Å². The van der Waals surface area contributed by atoms with E-state index < -0.39 is 17.8 Å². The van der Waals surface area contributed by atoms with Crippen molar-refractivity contribution in [2.24, 2.45) is 0 Å². The van der Waals surface area contributed by atoms with E-state index in [-0.39, 0.29) is 5.76 Å². The third-order valence-electron chi connectivity index (χ3n) is 2.35. The minimum atomic E-state index is -1.31.